The highest BCUT2D eigenvalue weighted by Crippen LogP contribution is 2.46. The average Bonchev–Trinajstić information content (AvgIpc) is 3.36. The monoisotopic (exact) mass is 751 g/mol. The molecule has 1 saturated carbocycles. The molecular weight excluding hydrogens is 702 g/mol. The molecule has 0 unspecified atom stereocenters. The highest BCUT2D eigenvalue weighted by molar-refractivity contribution is 6.03. The standard InChI is InChI=1S/C38H49F4N3O8/c1-22(2)25-14-24(15-25)18-43(35(50)53-37(6,7)8)19-26-16-27-28(45(26)34(48)49)17-29(51-21-23-12-10-9-11-13-23)32(31(27)39)44(33(47)38(40,41)42)20-30(46)52-36(3,4)5/h9-13,17,22,24-26H,14-16,18-21H2,1-8H3,(H,48,49)/t24?,25?,26-/m1/s1. The van der Waals surface area contributed by atoms with Crippen molar-refractivity contribution in [3.8, 4) is 5.75 Å². The molecule has 1 aliphatic heterocycles. The number of hydrogen-bond acceptors (Lipinski definition) is 7. The van der Waals surface area contributed by atoms with Gasteiger partial charge in [0.25, 0.3) is 0 Å². The van der Waals surface area contributed by atoms with Gasteiger partial charge in [0.1, 0.15) is 35.8 Å². The van der Waals surface area contributed by atoms with E-state index in [1.807, 2.05) is 0 Å². The van der Waals surface area contributed by atoms with E-state index in [0.29, 0.717) is 17.4 Å². The highest BCUT2D eigenvalue weighted by atomic mass is 19.4. The molecule has 2 aromatic carbocycles. The molecule has 11 nitrogen and oxygen atoms in total. The fourth-order valence-corrected chi connectivity index (χ4v) is 6.58. The van der Waals surface area contributed by atoms with Crippen LogP contribution in [0, 0.1) is 23.6 Å². The number of alkyl halides is 3. The molecule has 3 amide bonds. The van der Waals surface area contributed by atoms with E-state index in [0.717, 1.165) is 23.8 Å². The van der Waals surface area contributed by atoms with Gasteiger partial charge in [0.15, 0.2) is 5.82 Å². The molecule has 53 heavy (non-hydrogen) atoms. The quantitative estimate of drug-likeness (QED) is 0.181. The number of ether oxygens (including phenoxy) is 3. The second kappa shape index (κ2) is 15.8. The zero-order valence-electron chi connectivity index (χ0n) is 31.4. The fraction of sp³-hybridized carbons (Fsp3) is 0.579. The van der Waals surface area contributed by atoms with Crippen LogP contribution in [0.5, 0.6) is 5.75 Å². The lowest BCUT2D eigenvalue weighted by Gasteiger charge is -2.41. The lowest BCUT2D eigenvalue weighted by molar-refractivity contribution is -0.171. The van der Waals surface area contributed by atoms with Gasteiger partial charge in [0.2, 0.25) is 0 Å². The Morgan fingerprint density at radius 1 is 0.943 bits per heavy atom. The number of benzene rings is 2. The smallest absolute Gasteiger partial charge is 0.471 e. The summed E-state index contributed by atoms with van der Waals surface area (Å²) in [6.07, 6.45) is -6.43. The highest BCUT2D eigenvalue weighted by Gasteiger charge is 2.48. The summed E-state index contributed by atoms with van der Waals surface area (Å²) in [5.41, 5.74) is -3.09. The van der Waals surface area contributed by atoms with Gasteiger partial charge in [-0.2, -0.15) is 13.2 Å². The molecule has 0 spiro atoms. The van der Waals surface area contributed by atoms with E-state index in [9.17, 15) is 37.5 Å². The molecular formula is C38H49F4N3O8. The zero-order valence-corrected chi connectivity index (χ0v) is 31.4. The van der Waals surface area contributed by atoms with Crippen LogP contribution in [0.2, 0.25) is 0 Å². The number of halogens is 4. The molecule has 4 rings (SSSR count). The fourth-order valence-electron chi connectivity index (χ4n) is 6.58. The zero-order chi connectivity index (χ0) is 39.6. The number of anilines is 2. The maximum absolute atomic E-state index is 16.9. The Bertz CT molecular complexity index is 1660. The van der Waals surface area contributed by atoms with Crippen LogP contribution in [-0.4, -0.2) is 77.1 Å². The van der Waals surface area contributed by atoms with Gasteiger partial charge < -0.3 is 24.2 Å². The Morgan fingerprint density at radius 2 is 1.55 bits per heavy atom. The molecule has 2 aromatic rings. The van der Waals surface area contributed by atoms with Crippen LogP contribution in [-0.2, 0) is 32.1 Å². The third-order valence-corrected chi connectivity index (χ3v) is 9.03. The third-order valence-electron chi connectivity index (χ3n) is 9.03. The number of carboxylic acid groups (broad SMARTS) is 1. The SMILES string of the molecule is CC(C)C1CC(CN(C[C@H]2Cc3c(cc(OCc4ccccc4)c(N(CC(=O)OC(C)(C)C)C(=O)C(F)(F)F)c3F)N2C(=O)O)C(=O)OC(C)(C)C)C1. The number of carbonyl (C=O) groups excluding carboxylic acids is 3. The van der Waals surface area contributed by atoms with Crippen molar-refractivity contribution in [3.05, 3.63) is 53.3 Å². The topological polar surface area (TPSA) is 126 Å². The van der Waals surface area contributed by atoms with Crippen molar-refractivity contribution in [2.75, 3.05) is 29.4 Å². The molecule has 1 N–H and O–H groups in total. The van der Waals surface area contributed by atoms with Gasteiger partial charge in [0, 0.05) is 31.1 Å². The largest absolute Gasteiger partial charge is 0.487 e. The van der Waals surface area contributed by atoms with Crippen LogP contribution in [0.3, 0.4) is 0 Å². The summed E-state index contributed by atoms with van der Waals surface area (Å²) < 4.78 is 75.9. The lowest BCUT2D eigenvalue weighted by atomic mass is 9.69. The van der Waals surface area contributed by atoms with Gasteiger partial charge in [-0.3, -0.25) is 19.4 Å². The van der Waals surface area contributed by atoms with Gasteiger partial charge in [-0.05, 0) is 77.7 Å². The van der Waals surface area contributed by atoms with Gasteiger partial charge in [-0.25, -0.2) is 14.0 Å². The second-order valence-corrected chi connectivity index (χ2v) is 16.0. The number of nitrogens with zero attached hydrogens (tertiary/aromatic N) is 3. The van der Waals surface area contributed by atoms with Crippen LogP contribution < -0.4 is 14.5 Å². The Hall–Kier alpha value is -4.56. The number of carbonyl (C=O) groups is 4. The number of fused-ring (bicyclic) bond motifs is 1. The summed E-state index contributed by atoms with van der Waals surface area (Å²) in [4.78, 5) is 54.3. The molecule has 0 saturated heterocycles. The van der Waals surface area contributed by atoms with Gasteiger partial charge in [0.05, 0.1) is 11.7 Å². The van der Waals surface area contributed by atoms with Crippen LogP contribution >= 0.6 is 0 Å². The van der Waals surface area contributed by atoms with Crippen molar-refractivity contribution in [3.63, 3.8) is 0 Å². The third kappa shape index (κ3) is 10.5. The molecule has 1 aliphatic carbocycles. The maximum atomic E-state index is 16.9. The second-order valence-electron chi connectivity index (χ2n) is 16.0. The van der Waals surface area contributed by atoms with Crippen LogP contribution in [0.4, 0.5) is 38.5 Å². The first-order valence-corrected chi connectivity index (χ1v) is 17.6. The summed E-state index contributed by atoms with van der Waals surface area (Å²) in [5, 5.41) is 10.4. The summed E-state index contributed by atoms with van der Waals surface area (Å²) in [5.74, 6) is -4.78. The Kier molecular flexibility index (Phi) is 12.3. The molecule has 1 fully saturated rings. The number of hydrogen-bond donors (Lipinski definition) is 1. The summed E-state index contributed by atoms with van der Waals surface area (Å²) in [6.45, 7) is 12.1. The van der Waals surface area contributed by atoms with Crippen LogP contribution in [0.1, 0.15) is 79.4 Å². The van der Waals surface area contributed by atoms with Crippen molar-refractivity contribution in [1.82, 2.24) is 4.90 Å². The summed E-state index contributed by atoms with van der Waals surface area (Å²) in [6, 6.07) is 8.29. The average molecular weight is 752 g/mol. The van der Waals surface area contributed by atoms with E-state index in [4.69, 9.17) is 14.2 Å². The van der Waals surface area contributed by atoms with Crippen LogP contribution in [0.25, 0.3) is 0 Å². The Labute approximate surface area is 307 Å². The van der Waals surface area contributed by atoms with E-state index in [-0.39, 0.29) is 48.2 Å². The first kappa shape index (κ1) is 41.2. The van der Waals surface area contributed by atoms with Crippen molar-refractivity contribution < 1.29 is 56.1 Å². The minimum Gasteiger partial charge on any atom is -0.487 e. The van der Waals surface area contributed by atoms with Gasteiger partial charge in [-0.15, -0.1) is 0 Å². The van der Waals surface area contributed by atoms with E-state index >= 15 is 4.39 Å². The predicted molar refractivity (Wildman–Crippen MR) is 188 cm³/mol. The minimum atomic E-state index is -5.55. The van der Waals surface area contributed by atoms with Crippen molar-refractivity contribution >= 4 is 35.4 Å². The maximum Gasteiger partial charge on any atom is 0.471 e. The molecule has 0 bridgehead atoms. The molecule has 0 radical (unpaired) electrons. The number of amides is 3. The molecule has 2 aliphatic rings. The number of rotatable bonds is 11. The Balaban J connectivity index is 1.80. The van der Waals surface area contributed by atoms with Crippen molar-refractivity contribution in [2.24, 2.45) is 17.8 Å². The molecule has 292 valence electrons. The minimum absolute atomic E-state index is 0.0861. The first-order chi connectivity index (χ1) is 24.4. The lowest BCUT2D eigenvalue weighted by Crippen LogP contribution is -2.50. The van der Waals surface area contributed by atoms with Crippen molar-refractivity contribution in [1.29, 1.82) is 0 Å². The van der Waals surface area contributed by atoms with Crippen LogP contribution in [0.15, 0.2) is 36.4 Å². The van der Waals surface area contributed by atoms with Gasteiger partial charge >= 0.3 is 30.2 Å². The first-order valence-electron chi connectivity index (χ1n) is 17.6. The molecule has 0 aromatic heterocycles. The molecule has 1 atom stereocenters. The van der Waals surface area contributed by atoms with Gasteiger partial charge in [-0.1, -0.05) is 44.2 Å². The molecule has 15 heteroatoms. The molecule has 1 heterocycles. The van der Waals surface area contributed by atoms with Crippen molar-refractivity contribution in [2.45, 2.75) is 105 Å². The van der Waals surface area contributed by atoms with E-state index in [1.165, 1.54) is 25.7 Å². The Morgan fingerprint density at radius 3 is 2.08 bits per heavy atom. The predicted octanol–water partition coefficient (Wildman–Crippen LogP) is 7.97. The van der Waals surface area contributed by atoms with E-state index < -0.39 is 71.3 Å². The number of esters is 1. The van der Waals surface area contributed by atoms with E-state index in [2.05, 4.69) is 13.8 Å². The normalized spacial score (nSPS) is 18.6. The summed E-state index contributed by atoms with van der Waals surface area (Å²) >= 11 is 0. The summed E-state index contributed by atoms with van der Waals surface area (Å²) in [7, 11) is 0. The van der Waals surface area contributed by atoms with E-state index in [1.54, 1.807) is 51.1 Å².